The second-order valence-corrected chi connectivity index (χ2v) is 4.37. The van der Waals surface area contributed by atoms with E-state index in [1.54, 1.807) is 0 Å². The molecule has 0 heterocycles. The summed E-state index contributed by atoms with van der Waals surface area (Å²) in [7, 11) is -2.07. The smallest absolute Gasteiger partial charge is 0.369 e. The summed E-state index contributed by atoms with van der Waals surface area (Å²) in [5, 5.41) is 0. The molecule has 0 aromatic heterocycles. The first-order chi connectivity index (χ1) is 7.32. The molecule has 0 aliphatic heterocycles. The third kappa shape index (κ3) is 3.06. The van der Waals surface area contributed by atoms with Gasteiger partial charge >= 0.3 is 6.18 Å². The molecular weight excluding hydrogens is 243 g/mol. The lowest BCUT2D eigenvalue weighted by molar-refractivity contribution is -0.139. The number of primary amides is 1. The van der Waals surface area contributed by atoms with Gasteiger partial charge in [0.05, 0.1) is 21.3 Å². The van der Waals surface area contributed by atoms with Crippen LogP contribution in [0.3, 0.4) is 0 Å². The maximum atomic E-state index is 12.5. The Kier molecular flexibility index (Phi) is 3.69. The highest BCUT2D eigenvalue weighted by atomic mass is 32.2. The molecule has 1 rings (SSSR count). The van der Waals surface area contributed by atoms with Crippen molar-refractivity contribution in [2.75, 3.05) is 5.75 Å². The minimum Gasteiger partial charge on any atom is -0.369 e. The molecule has 1 unspecified atom stereocenters. The first-order valence-electron chi connectivity index (χ1n) is 4.15. The first-order valence-corrected chi connectivity index (χ1v) is 5.47. The minimum atomic E-state index is -4.59. The number of hydrogen-bond acceptors (Lipinski definition) is 2. The van der Waals surface area contributed by atoms with E-state index in [-0.39, 0.29) is 0 Å². The summed E-state index contributed by atoms with van der Waals surface area (Å²) in [6, 6.07) is 4.40. The van der Waals surface area contributed by atoms with E-state index in [0.29, 0.717) is 0 Å². The second kappa shape index (κ2) is 4.65. The summed E-state index contributed by atoms with van der Waals surface area (Å²) in [5.41, 5.74) is 3.77. The summed E-state index contributed by atoms with van der Waals surface area (Å²) in [6.45, 7) is 0. The molecule has 7 heteroatoms. The van der Waals surface area contributed by atoms with Gasteiger partial charge < -0.3 is 5.73 Å². The van der Waals surface area contributed by atoms with Crippen LogP contribution in [0.2, 0.25) is 0 Å². The molecule has 0 saturated carbocycles. The van der Waals surface area contributed by atoms with Crippen LogP contribution in [-0.4, -0.2) is 15.9 Å². The number of amides is 1. The number of carbonyl (C=O) groups is 1. The zero-order valence-electron chi connectivity index (χ0n) is 7.95. The van der Waals surface area contributed by atoms with E-state index < -0.39 is 39.1 Å². The highest BCUT2D eigenvalue weighted by molar-refractivity contribution is 7.85. The zero-order valence-corrected chi connectivity index (χ0v) is 8.77. The number of benzene rings is 1. The molecule has 3 nitrogen and oxygen atoms in total. The quantitative estimate of drug-likeness (QED) is 0.880. The number of hydrogen-bond donors (Lipinski definition) is 1. The van der Waals surface area contributed by atoms with Crippen molar-refractivity contribution in [2.24, 2.45) is 5.73 Å². The molecule has 0 saturated heterocycles. The lowest BCUT2D eigenvalue weighted by Crippen LogP contribution is -2.21. The molecule has 16 heavy (non-hydrogen) atoms. The topological polar surface area (TPSA) is 60.2 Å². The van der Waals surface area contributed by atoms with E-state index >= 15 is 0 Å². The van der Waals surface area contributed by atoms with E-state index in [2.05, 4.69) is 0 Å². The fourth-order valence-electron chi connectivity index (χ4n) is 1.11. The van der Waals surface area contributed by atoms with Gasteiger partial charge in [0.25, 0.3) is 0 Å². The van der Waals surface area contributed by atoms with Crippen molar-refractivity contribution in [3.63, 3.8) is 0 Å². The van der Waals surface area contributed by atoms with Crippen molar-refractivity contribution in [1.29, 1.82) is 0 Å². The largest absolute Gasteiger partial charge is 0.417 e. The Labute approximate surface area is 91.9 Å². The monoisotopic (exact) mass is 251 g/mol. The van der Waals surface area contributed by atoms with Crippen LogP contribution in [0.4, 0.5) is 13.2 Å². The molecule has 88 valence electrons. The predicted molar refractivity (Wildman–Crippen MR) is 51.9 cm³/mol. The maximum absolute atomic E-state index is 12.5. The van der Waals surface area contributed by atoms with Crippen molar-refractivity contribution in [3.05, 3.63) is 29.8 Å². The Morgan fingerprint density at radius 3 is 2.38 bits per heavy atom. The summed E-state index contributed by atoms with van der Waals surface area (Å²) in [6.07, 6.45) is -4.59. The molecule has 2 N–H and O–H groups in total. The average Bonchev–Trinajstić information content (AvgIpc) is 2.15. The number of carbonyl (C=O) groups excluding carboxylic acids is 1. The predicted octanol–water partition coefficient (Wildman–Crippen LogP) is 1.30. The van der Waals surface area contributed by atoms with E-state index in [0.717, 1.165) is 12.1 Å². The van der Waals surface area contributed by atoms with Gasteiger partial charge in [-0.3, -0.25) is 9.00 Å². The van der Waals surface area contributed by atoms with Crippen LogP contribution in [0.1, 0.15) is 5.56 Å². The Morgan fingerprint density at radius 2 is 1.88 bits per heavy atom. The molecule has 1 atom stereocenters. The lowest BCUT2D eigenvalue weighted by Gasteiger charge is -2.11. The Bertz CT molecular complexity index is 431. The first kappa shape index (κ1) is 12.7. The van der Waals surface area contributed by atoms with Gasteiger partial charge in [-0.2, -0.15) is 13.2 Å². The summed E-state index contributed by atoms with van der Waals surface area (Å²) < 4.78 is 48.9. The molecule has 0 spiro atoms. The molecule has 1 aromatic carbocycles. The van der Waals surface area contributed by atoms with Gasteiger partial charge in [0, 0.05) is 0 Å². The molecule has 0 bridgehead atoms. The Morgan fingerprint density at radius 1 is 1.31 bits per heavy atom. The van der Waals surface area contributed by atoms with Gasteiger partial charge in [-0.25, -0.2) is 0 Å². The van der Waals surface area contributed by atoms with Crippen molar-refractivity contribution in [3.8, 4) is 0 Å². The van der Waals surface area contributed by atoms with Gasteiger partial charge in [0.2, 0.25) is 5.91 Å². The molecule has 1 amide bonds. The van der Waals surface area contributed by atoms with Crippen molar-refractivity contribution in [1.82, 2.24) is 0 Å². The van der Waals surface area contributed by atoms with Crippen LogP contribution in [0.15, 0.2) is 29.2 Å². The summed E-state index contributed by atoms with van der Waals surface area (Å²) in [4.78, 5) is 10.1. The molecule has 0 aliphatic carbocycles. The van der Waals surface area contributed by atoms with Gasteiger partial charge in [0.1, 0.15) is 5.75 Å². The Hall–Kier alpha value is -1.37. The third-order valence-corrected chi connectivity index (χ3v) is 3.10. The third-order valence-electron chi connectivity index (χ3n) is 1.71. The van der Waals surface area contributed by atoms with Crippen LogP contribution in [0.5, 0.6) is 0 Å². The summed E-state index contributed by atoms with van der Waals surface area (Å²) >= 11 is 0. The standard InChI is InChI=1S/C9H8F3NO2S/c10-9(11,12)6-3-1-2-4-7(6)16(15)5-8(13)14/h1-4H,5H2,(H2,13,14). The Balaban J connectivity index is 3.14. The van der Waals surface area contributed by atoms with Gasteiger partial charge in [-0.1, -0.05) is 12.1 Å². The van der Waals surface area contributed by atoms with Crippen molar-refractivity contribution in [2.45, 2.75) is 11.1 Å². The maximum Gasteiger partial charge on any atom is 0.417 e. The number of rotatable bonds is 3. The van der Waals surface area contributed by atoms with Crippen LogP contribution < -0.4 is 5.73 Å². The SMILES string of the molecule is NC(=O)CS(=O)c1ccccc1C(F)(F)F. The van der Waals surface area contributed by atoms with Gasteiger partial charge in [-0.05, 0) is 12.1 Å². The lowest BCUT2D eigenvalue weighted by atomic mass is 10.2. The van der Waals surface area contributed by atoms with E-state index in [9.17, 15) is 22.2 Å². The van der Waals surface area contributed by atoms with Gasteiger partial charge in [-0.15, -0.1) is 0 Å². The highest BCUT2D eigenvalue weighted by Crippen LogP contribution is 2.33. The van der Waals surface area contributed by atoms with E-state index in [1.165, 1.54) is 12.1 Å². The van der Waals surface area contributed by atoms with Crippen LogP contribution in [0, 0.1) is 0 Å². The van der Waals surface area contributed by atoms with Crippen LogP contribution in [0.25, 0.3) is 0 Å². The molecule has 0 fully saturated rings. The van der Waals surface area contributed by atoms with Crippen molar-refractivity contribution < 1.29 is 22.2 Å². The van der Waals surface area contributed by atoms with Crippen LogP contribution in [-0.2, 0) is 21.8 Å². The molecule has 1 aromatic rings. The summed E-state index contributed by atoms with van der Waals surface area (Å²) in [5.74, 6) is -1.53. The average molecular weight is 251 g/mol. The zero-order chi connectivity index (χ0) is 12.3. The molecular formula is C9H8F3NO2S. The van der Waals surface area contributed by atoms with E-state index in [4.69, 9.17) is 5.73 Å². The van der Waals surface area contributed by atoms with Crippen molar-refractivity contribution >= 4 is 16.7 Å². The normalized spacial score (nSPS) is 13.4. The van der Waals surface area contributed by atoms with E-state index in [1.807, 2.05) is 0 Å². The second-order valence-electron chi connectivity index (χ2n) is 2.95. The number of halogens is 3. The van der Waals surface area contributed by atoms with Gasteiger partial charge in [0.15, 0.2) is 0 Å². The highest BCUT2D eigenvalue weighted by Gasteiger charge is 2.34. The molecule has 0 radical (unpaired) electrons. The fraction of sp³-hybridized carbons (Fsp3) is 0.222. The van der Waals surface area contributed by atoms with Crippen LogP contribution >= 0.6 is 0 Å². The number of alkyl halides is 3. The minimum absolute atomic E-state index is 0.422. The fourth-order valence-corrected chi connectivity index (χ4v) is 2.18. The number of nitrogens with two attached hydrogens (primary N) is 1. The molecule has 0 aliphatic rings.